The van der Waals surface area contributed by atoms with E-state index in [9.17, 15) is 8.42 Å². The molecule has 0 radical (unpaired) electrons. The van der Waals surface area contributed by atoms with E-state index in [-0.39, 0.29) is 9.88 Å². The summed E-state index contributed by atoms with van der Waals surface area (Å²) in [5, 5.41) is 0. The number of hydrogen-bond acceptors (Lipinski definition) is 3. The maximum atomic E-state index is 12.5. The van der Waals surface area contributed by atoms with Gasteiger partial charge in [0.05, 0.1) is 15.4 Å². The van der Waals surface area contributed by atoms with Gasteiger partial charge in [-0.05, 0) is 44.4 Å². The van der Waals surface area contributed by atoms with Gasteiger partial charge in [0.2, 0.25) is 10.0 Å². The molecule has 0 saturated carbocycles. The molecule has 1 rings (SSSR count). The molecular formula is C13H20N2O2S2. The SMILES string of the molecule is CCC(C)(NS(=O)(=O)c1cc(C)ccc1C)C(N)=S. The highest BCUT2D eigenvalue weighted by atomic mass is 32.2. The topological polar surface area (TPSA) is 72.2 Å². The molecule has 0 spiro atoms. The summed E-state index contributed by atoms with van der Waals surface area (Å²) in [5.74, 6) is 0. The Bertz CT molecular complexity index is 597. The van der Waals surface area contributed by atoms with Gasteiger partial charge in [0.15, 0.2) is 0 Å². The van der Waals surface area contributed by atoms with Crippen LogP contribution >= 0.6 is 12.2 Å². The standard InChI is InChI=1S/C13H20N2O2S2/c1-5-13(4,12(14)18)15-19(16,17)11-8-9(2)6-7-10(11)3/h6-8,15H,5H2,1-4H3,(H2,14,18). The zero-order chi connectivity index (χ0) is 14.8. The Labute approximate surface area is 120 Å². The van der Waals surface area contributed by atoms with Crippen molar-refractivity contribution in [3.05, 3.63) is 29.3 Å². The summed E-state index contributed by atoms with van der Waals surface area (Å²) < 4.78 is 27.5. The molecule has 0 fully saturated rings. The van der Waals surface area contributed by atoms with Crippen LogP contribution in [-0.2, 0) is 10.0 Å². The van der Waals surface area contributed by atoms with Crippen LogP contribution in [0.4, 0.5) is 0 Å². The van der Waals surface area contributed by atoms with Gasteiger partial charge >= 0.3 is 0 Å². The second-order valence-corrected chi connectivity index (χ2v) is 7.02. The van der Waals surface area contributed by atoms with E-state index in [4.69, 9.17) is 18.0 Å². The maximum absolute atomic E-state index is 12.5. The fourth-order valence-corrected chi connectivity index (χ4v) is 3.70. The molecule has 0 saturated heterocycles. The van der Waals surface area contributed by atoms with E-state index in [1.165, 1.54) is 0 Å². The van der Waals surface area contributed by atoms with Crippen LogP contribution in [0.15, 0.2) is 23.1 Å². The number of rotatable bonds is 5. The highest BCUT2D eigenvalue weighted by Gasteiger charge is 2.32. The van der Waals surface area contributed by atoms with Crippen LogP contribution in [0.1, 0.15) is 31.4 Å². The molecule has 3 N–H and O–H groups in total. The number of nitrogens with one attached hydrogen (secondary N) is 1. The summed E-state index contributed by atoms with van der Waals surface area (Å²) in [6.07, 6.45) is 0.492. The van der Waals surface area contributed by atoms with E-state index in [2.05, 4.69) is 4.72 Å². The molecule has 0 aromatic heterocycles. The molecule has 1 aromatic rings. The van der Waals surface area contributed by atoms with Gasteiger partial charge in [0, 0.05) is 0 Å². The predicted octanol–water partition coefficient (Wildman–Crippen LogP) is 2.04. The van der Waals surface area contributed by atoms with Crippen molar-refractivity contribution in [1.29, 1.82) is 0 Å². The summed E-state index contributed by atoms with van der Waals surface area (Å²) in [6, 6.07) is 5.31. The maximum Gasteiger partial charge on any atom is 0.241 e. The number of benzene rings is 1. The summed E-state index contributed by atoms with van der Waals surface area (Å²) in [7, 11) is -3.65. The Morgan fingerprint density at radius 3 is 2.47 bits per heavy atom. The molecule has 1 aromatic carbocycles. The Morgan fingerprint density at radius 1 is 1.42 bits per heavy atom. The van der Waals surface area contributed by atoms with Gasteiger partial charge < -0.3 is 5.73 Å². The predicted molar refractivity (Wildman–Crippen MR) is 81.7 cm³/mol. The normalized spacial score (nSPS) is 14.9. The summed E-state index contributed by atoms with van der Waals surface area (Å²) in [6.45, 7) is 7.14. The molecule has 1 unspecified atom stereocenters. The van der Waals surface area contributed by atoms with Crippen LogP contribution in [0.2, 0.25) is 0 Å². The molecule has 0 amide bonds. The smallest absolute Gasteiger partial charge is 0.241 e. The monoisotopic (exact) mass is 300 g/mol. The molecular weight excluding hydrogens is 280 g/mol. The van der Waals surface area contributed by atoms with Crippen molar-refractivity contribution in [2.45, 2.75) is 44.6 Å². The number of thiocarbonyl (C=S) groups is 1. The molecule has 0 aliphatic carbocycles. The Hall–Kier alpha value is -0.980. The first-order chi connectivity index (χ1) is 8.62. The highest BCUT2D eigenvalue weighted by Crippen LogP contribution is 2.20. The first kappa shape index (κ1) is 16.1. The number of aryl methyl sites for hydroxylation is 2. The van der Waals surface area contributed by atoms with E-state index < -0.39 is 15.6 Å². The Morgan fingerprint density at radius 2 is 2.00 bits per heavy atom. The summed E-state index contributed by atoms with van der Waals surface area (Å²) >= 11 is 4.96. The van der Waals surface area contributed by atoms with E-state index in [0.29, 0.717) is 12.0 Å². The quantitative estimate of drug-likeness (QED) is 0.816. The van der Waals surface area contributed by atoms with Crippen molar-refractivity contribution < 1.29 is 8.42 Å². The van der Waals surface area contributed by atoms with Crippen molar-refractivity contribution in [3.63, 3.8) is 0 Å². The second kappa shape index (κ2) is 5.56. The van der Waals surface area contributed by atoms with Crippen molar-refractivity contribution in [2.24, 2.45) is 5.73 Å². The second-order valence-electron chi connectivity index (χ2n) is 4.92. The molecule has 0 aliphatic heterocycles. The molecule has 0 heterocycles. The van der Waals surface area contributed by atoms with Crippen LogP contribution in [0.3, 0.4) is 0 Å². The Balaban J connectivity index is 3.26. The van der Waals surface area contributed by atoms with Gasteiger partial charge in [-0.2, -0.15) is 4.72 Å². The van der Waals surface area contributed by atoms with Crippen molar-refractivity contribution in [3.8, 4) is 0 Å². The van der Waals surface area contributed by atoms with Gasteiger partial charge in [-0.25, -0.2) is 8.42 Å². The van der Waals surface area contributed by atoms with Gasteiger partial charge in [-0.1, -0.05) is 31.3 Å². The zero-order valence-electron chi connectivity index (χ0n) is 11.6. The van der Waals surface area contributed by atoms with Crippen molar-refractivity contribution in [2.75, 3.05) is 0 Å². The Kier molecular flexibility index (Phi) is 4.71. The number of hydrogen-bond donors (Lipinski definition) is 2. The molecule has 0 bridgehead atoms. The van der Waals surface area contributed by atoms with E-state index >= 15 is 0 Å². The molecule has 4 nitrogen and oxygen atoms in total. The first-order valence-corrected chi connectivity index (χ1v) is 7.92. The third-order valence-corrected chi connectivity index (χ3v) is 5.43. The fraction of sp³-hybridized carbons (Fsp3) is 0.462. The lowest BCUT2D eigenvalue weighted by Crippen LogP contribution is -2.53. The lowest BCUT2D eigenvalue weighted by molar-refractivity contribution is 0.511. The molecule has 106 valence electrons. The highest BCUT2D eigenvalue weighted by molar-refractivity contribution is 7.89. The third-order valence-electron chi connectivity index (χ3n) is 3.24. The molecule has 6 heteroatoms. The van der Waals surface area contributed by atoms with Gasteiger partial charge in [-0.3, -0.25) is 0 Å². The van der Waals surface area contributed by atoms with Crippen LogP contribution in [-0.4, -0.2) is 18.9 Å². The van der Waals surface area contributed by atoms with Crippen LogP contribution in [0.25, 0.3) is 0 Å². The van der Waals surface area contributed by atoms with Crippen LogP contribution in [0.5, 0.6) is 0 Å². The van der Waals surface area contributed by atoms with Gasteiger partial charge in [0.1, 0.15) is 0 Å². The zero-order valence-corrected chi connectivity index (χ0v) is 13.3. The van der Waals surface area contributed by atoms with E-state index in [0.717, 1.165) is 5.56 Å². The van der Waals surface area contributed by atoms with Crippen molar-refractivity contribution in [1.82, 2.24) is 4.72 Å². The molecule has 1 atom stereocenters. The van der Waals surface area contributed by atoms with E-state index in [1.807, 2.05) is 19.9 Å². The third kappa shape index (κ3) is 3.52. The summed E-state index contributed by atoms with van der Waals surface area (Å²) in [4.78, 5) is 0.410. The largest absolute Gasteiger partial charge is 0.392 e. The lowest BCUT2D eigenvalue weighted by atomic mass is 10.0. The van der Waals surface area contributed by atoms with Gasteiger partial charge in [-0.15, -0.1) is 0 Å². The minimum Gasteiger partial charge on any atom is -0.392 e. The fourth-order valence-electron chi connectivity index (χ4n) is 1.65. The number of nitrogens with two attached hydrogens (primary N) is 1. The first-order valence-electron chi connectivity index (χ1n) is 6.03. The average Bonchev–Trinajstić information content (AvgIpc) is 2.31. The average molecular weight is 300 g/mol. The summed E-state index contributed by atoms with van der Waals surface area (Å²) in [5.41, 5.74) is 6.31. The molecule has 19 heavy (non-hydrogen) atoms. The minimum absolute atomic E-state index is 0.142. The lowest BCUT2D eigenvalue weighted by Gasteiger charge is -2.28. The van der Waals surface area contributed by atoms with Gasteiger partial charge in [0.25, 0.3) is 0 Å². The number of sulfonamides is 1. The molecule has 0 aliphatic rings. The van der Waals surface area contributed by atoms with Crippen molar-refractivity contribution >= 4 is 27.2 Å². The van der Waals surface area contributed by atoms with Crippen LogP contribution < -0.4 is 10.5 Å². The van der Waals surface area contributed by atoms with E-state index in [1.54, 1.807) is 26.0 Å². The minimum atomic E-state index is -3.65. The van der Waals surface area contributed by atoms with Crippen LogP contribution in [0, 0.1) is 13.8 Å².